The molecular weight excluding hydrogens is 304 g/mol. The summed E-state index contributed by atoms with van der Waals surface area (Å²) in [4.78, 5) is 0. The van der Waals surface area contributed by atoms with Gasteiger partial charge in [-0.15, -0.1) is 0 Å². The molecule has 0 fully saturated rings. The van der Waals surface area contributed by atoms with Gasteiger partial charge in [0.25, 0.3) is 0 Å². The first-order chi connectivity index (χ1) is 12.3. The number of hydrogen-bond donors (Lipinski definition) is 1. The topological polar surface area (TPSA) is 20.2 Å². The maximum atomic E-state index is 10.8. The average Bonchev–Trinajstić information content (AvgIpc) is 2.65. The van der Waals surface area contributed by atoms with Gasteiger partial charge in [0.2, 0.25) is 0 Å². The van der Waals surface area contributed by atoms with Gasteiger partial charge < -0.3 is 5.11 Å². The number of phenols is 1. The Balaban J connectivity index is 2.37. The summed E-state index contributed by atoms with van der Waals surface area (Å²) < 4.78 is 0. The van der Waals surface area contributed by atoms with E-state index in [0.29, 0.717) is 5.75 Å². The second kappa shape index (κ2) is 8.02. The molecule has 0 unspecified atom stereocenters. The Morgan fingerprint density at radius 2 is 1.20 bits per heavy atom. The van der Waals surface area contributed by atoms with Crippen LogP contribution in [0.25, 0.3) is 22.3 Å². The van der Waals surface area contributed by atoms with Crippen LogP contribution in [-0.4, -0.2) is 5.11 Å². The van der Waals surface area contributed by atoms with E-state index in [1.54, 1.807) is 0 Å². The predicted molar refractivity (Wildman–Crippen MR) is 107 cm³/mol. The molecule has 128 valence electrons. The summed E-state index contributed by atoms with van der Waals surface area (Å²) in [6, 6.07) is 23.1. The molecule has 0 saturated heterocycles. The van der Waals surface area contributed by atoms with Gasteiger partial charge in [0.05, 0.1) is 0 Å². The number of phenolic OH excluding ortho intramolecular Hbond substituents is 1. The molecule has 0 amide bonds. The first kappa shape index (κ1) is 17.3. The van der Waals surface area contributed by atoms with Gasteiger partial charge in [0.15, 0.2) is 0 Å². The van der Waals surface area contributed by atoms with E-state index in [1.807, 2.05) is 12.1 Å². The van der Waals surface area contributed by atoms with E-state index in [0.717, 1.165) is 31.2 Å². The minimum atomic E-state index is 0.434. The smallest absolute Gasteiger partial charge is 0.119 e. The van der Waals surface area contributed by atoms with Crippen molar-refractivity contribution in [2.24, 2.45) is 0 Å². The summed E-state index contributed by atoms with van der Waals surface area (Å²) in [6.45, 7) is 4.35. The summed E-state index contributed by atoms with van der Waals surface area (Å²) in [6.07, 6.45) is 3.90. The molecule has 0 aromatic heterocycles. The summed E-state index contributed by atoms with van der Waals surface area (Å²) in [5.74, 6) is 0.434. The largest absolute Gasteiger partial charge is 0.508 e. The Morgan fingerprint density at radius 3 is 1.72 bits per heavy atom. The molecule has 3 rings (SSSR count). The van der Waals surface area contributed by atoms with Crippen LogP contribution in [0.5, 0.6) is 5.75 Å². The fraction of sp³-hybridized carbons (Fsp3) is 0.250. The summed E-state index contributed by atoms with van der Waals surface area (Å²) in [5, 5.41) is 10.8. The molecule has 0 radical (unpaired) electrons. The molecule has 0 aliphatic heterocycles. The monoisotopic (exact) mass is 330 g/mol. The molecule has 0 bridgehead atoms. The molecule has 1 heteroatoms. The van der Waals surface area contributed by atoms with Crippen LogP contribution >= 0.6 is 0 Å². The van der Waals surface area contributed by atoms with Crippen LogP contribution in [0.3, 0.4) is 0 Å². The fourth-order valence-corrected chi connectivity index (χ4v) is 3.59. The van der Waals surface area contributed by atoms with E-state index in [1.165, 1.54) is 27.8 Å². The van der Waals surface area contributed by atoms with Crippen LogP contribution in [0.1, 0.15) is 37.8 Å². The first-order valence-electron chi connectivity index (χ1n) is 9.24. The lowest BCUT2D eigenvalue weighted by molar-refractivity contribution is 0.467. The second-order valence-corrected chi connectivity index (χ2v) is 6.52. The van der Waals surface area contributed by atoms with Crippen LogP contribution in [0.15, 0.2) is 66.7 Å². The van der Waals surface area contributed by atoms with E-state index in [2.05, 4.69) is 68.4 Å². The van der Waals surface area contributed by atoms with Crippen molar-refractivity contribution in [3.05, 3.63) is 77.9 Å². The summed E-state index contributed by atoms with van der Waals surface area (Å²) in [7, 11) is 0. The van der Waals surface area contributed by atoms with E-state index in [9.17, 15) is 5.11 Å². The molecule has 0 saturated carbocycles. The van der Waals surface area contributed by atoms with Gasteiger partial charge in [-0.3, -0.25) is 0 Å². The van der Waals surface area contributed by atoms with Crippen molar-refractivity contribution >= 4 is 0 Å². The molecule has 3 aromatic rings. The molecule has 25 heavy (non-hydrogen) atoms. The van der Waals surface area contributed by atoms with E-state index in [-0.39, 0.29) is 0 Å². The molecule has 0 spiro atoms. The normalized spacial score (nSPS) is 10.8. The van der Waals surface area contributed by atoms with Crippen molar-refractivity contribution in [2.45, 2.75) is 39.5 Å². The number of aromatic hydroxyl groups is 1. The highest BCUT2D eigenvalue weighted by atomic mass is 16.3. The molecular formula is C24H26O. The maximum absolute atomic E-state index is 10.8. The minimum Gasteiger partial charge on any atom is -0.508 e. The predicted octanol–water partition coefficient (Wildman–Crippen LogP) is 6.63. The lowest BCUT2D eigenvalue weighted by atomic mass is 9.84. The summed E-state index contributed by atoms with van der Waals surface area (Å²) >= 11 is 0. The Kier molecular flexibility index (Phi) is 5.55. The number of rotatable bonds is 6. The molecule has 1 nitrogen and oxygen atoms in total. The van der Waals surface area contributed by atoms with Crippen molar-refractivity contribution in [1.82, 2.24) is 0 Å². The van der Waals surface area contributed by atoms with Gasteiger partial charge >= 0.3 is 0 Å². The lowest BCUT2D eigenvalue weighted by Crippen LogP contribution is -2.00. The third-order valence-corrected chi connectivity index (χ3v) is 4.64. The fourth-order valence-electron chi connectivity index (χ4n) is 3.59. The van der Waals surface area contributed by atoms with Gasteiger partial charge in [-0.25, -0.2) is 0 Å². The van der Waals surface area contributed by atoms with Gasteiger partial charge in [-0.1, -0.05) is 87.4 Å². The zero-order valence-electron chi connectivity index (χ0n) is 15.1. The highest BCUT2D eigenvalue weighted by Gasteiger charge is 2.19. The van der Waals surface area contributed by atoms with Gasteiger partial charge in [0, 0.05) is 5.56 Å². The van der Waals surface area contributed by atoms with E-state index >= 15 is 0 Å². The second-order valence-electron chi connectivity index (χ2n) is 6.52. The van der Waals surface area contributed by atoms with Crippen LogP contribution in [0.4, 0.5) is 0 Å². The van der Waals surface area contributed by atoms with Crippen molar-refractivity contribution in [2.75, 3.05) is 0 Å². The van der Waals surface area contributed by atoms with Crippen molar-refractivity contribution in [3.63, 3.8) is 0 Å². The Hall–Kier alpha value is -2.54. The number of hydrogen-bond acceptors (Lipinski definition) is 1. The Bertz CT molecular complexity index is 820. The molecule has 0 aliphatic rings. The zero-order valence-corrected chi connectivity index (χ0v) is 15.1. The van der Waals surface area contributed by atoms with E-state index in [4.69, 9.17) is 0 Å². The van der Waals surface area contributed by atoms with Crippen molar-refractivity contribution in [1.29, 1.82) is 0 Å². The first-order valence-corrected chi connectivity index (χ1v) is 9.24. The number of benzene rings is 3. The Labute approximate surface area is 151 Å². The number of aryl methyl sites for hydroxylation is 1. The quantitative estimate of drug-likeness (QED) is 0.537. The SMILES string of the molecule is CCCc1cc(O)c(CCC)c(-c2ccccc2)c1-c1ccccc1. The minimum absolute atomic E-state index is 0.434. The molecule has 3 aromatic carbocycles. The van der Waals surface area contributed by atoms with Crippen LogP contribution in [-0.2, 0) is 12.8 Å². The standard InChI is InChI=1S/C24H26O/c1-3-11-20-17-22(25)21(12-4-2)24(19-15-9-6-10-16-19)23(20)18-13-7-5-8-14-18/h5-10,13-17,25H,3-4,11-12H2,1-2H3. The lowest BCUT2D eigenvalue weighted by Gasteiger charge is -2.21. The average molecular weight is 330 g/mol. The van der Waals surface area contributed by atoms with Crippen molar-refractivity contribution in [3.8, 4) is 28.0 Å². The molecule has 0 atom stereocenters. The van der Waals surface area contributed by atoms with E-state index < -0.39 is 0 Å². The van der Waals surface area contributed by atoms with Gasteiger partial charge in [-0.2, -0.15) is 0 Å². The molecule has 1 N–H and O–H groups in total. The summed E-state index contributed by atoms with van der Waals surface area (Å²) in [5.41, 5.74) is 7.16. The maximum Gasteiger partial charge on any atom is 0.119 e. The highest BCUT2D eigenvalue weighted by Crippen LogP contribution is 2.42. The third kappa shape index (κ3) is 3.61. The molecule has 0 aliphatic carbocycles. The van der Waals surface area contributed by atoms with Crippen LogP contribution < -0.4 is 0 Å². The highest BCUT2D eigenvalue weighted by molar-refractivity contribution is 5.89. The van der Waals surface area contributed by atoms with Gasteiger partial charge in [-0.05, 0) is 46.7 Å². The van der Waals surface area contributed by atoms with Crippen molar-refractivity contribution < 1.29 is 5.11 Å². The Morgan fingerprint density at radius 1 is 0.680 bits per heavy atom. The van der Waals surface area contributed by atoms with Gasteiger partial charge in [0.1, 0.15) is 5.75 Å². The van der Waals surface area contributed by atoms with Crippen LogP contribution in [0, 0.1) is 0 Å². The zero-order chi connectivity index (χ0) is 17.6. The third-order valence-electron chi connectivity index (χ3n) is 4.64. The van der Waals surface area contributed by atoms with Crippen LogP contribution in [0.2, 0.25) is 0 Å². The molecule has 0 heterocycles.